The first kappa shape index (κ1) is 9.26. The maximum atomic E-state index is 5.61. The quantitative estimate of drug-likeness (QED) is 0.594. The van der Waals surface area contributed by atoms with Crippen molar-refractivity contribution >= 4 is 11.6 Å². The van der Waals surface area contributed by atoms with Gasteiger partial charge in [-0.05, 0) is 0 Å². The molecule has 0 radical (unpaired) electrons. The molecule has 2 atom stereocenters. The summed E-state index contributed by atoms with van der Waals surface area (Å²) >= 11 is 5.61. The van der Waals surface area contributed by atoms with Gasteiger partial charge in [-0.1, -0.05) is 0 Å². The summed E-state index contributed by atoms with van der Waals surface area (Å²) in [6.45, 7) is 1.26. The molecule has 66 valence electrons. The molecule has 1 saturated heterocycles. The van der Waals surface area contributed by atoms with E-state index in [0.29, 0.717) is 19.1 Å². The average molecular weight is 181 g/mol. The second-order valence-electron chi connectivity index (χ2n) is 2.44. The highest BCUT2D eigenvalue weighted by Gasteiger charge is 2.19. The highest BCUT2D eigenvalue weighted by molar-refractivity contribution is 6.18. The molecule has 0 aromatic rings. The van der Waals surface area contributed by atoms with Crippen LogP contribution in [0.4, 0.5) is 0 Å². The summed E-state index contributed by atoms with van der Waals surface area (Å²) in [5.74, 6) is 0.458. The second-order valence-corrected chi connectivity index (χ2v) is 2.75. The topological polar surface area (TPSA) is 27.7 Å². The molecule has 11 heavy (non-hydrogen) atoms. The van der Waals surface area contributed by atoms with E-state index in [4.69, 9.17) is 25.8 Å². The Balaban J connectivity index is 2.33. The lowest BCUT2D eigenvalue weighted by Gasteiger charge is -2.16. The SMILES string of the molecule is COC1CCOCC(CCl)O1. The van der Waals surface area contributed by atoms with Crippen LogP contribution < -0.4 is 0 Å². The Kier molecular flexibility index (Phi) is 4.15. The summed E-state index contributed by atoms with van der Waals surface area (Å²) in [7, 11) is 1.63. The number of alkyl halides is 1. The Morgan fingerprint density at radius 1 is 1.64 bits per heavy atom. The van der Waals surface area contributed by atoms with Crippen LogP contribution in [0.25, 0.3) is 0 Å². The van der Waals surface area contributed by atoms with Gasteiger partial charge in [-0.2, -0.15) is 0 Å². The zero-order chi connectivity index (χ0) is 8.10. The third kappa shape index (κ3) is 2.95. The molecule has 2 unspecified atom stereocenters. The van der Waals surface area contributed by atoms with Crippen molar-refractivity contribution in [2.24, 2.45) is 0 Å². The number of rotatable bonds is 2. The zero-order valence-corrected chi connectivity index (χ0v) is 7.34. The smallest absolute Gasteiger partial charge is 0.159 e. The van der Waals surface area contributed by atoms with Crippen LogP contribution in [0.2, 0.25) is 0 Å². The molecule has 0 aliphatic carbocycles. The summed E-state index contributed by atoms with van der Waals surface area (Å²) < 4.78 is 15.7. The number of hydrogen-bond acceptors (Lipinski definition) is 3. The van der Waals surface area contributed by atoms with Crippen LogP contribution in [0.5, 0.6) is 0 Å². The lowest BCUT2D eigenvalue weighted by atomic mass is 10.4. The third-order valence-electron chi connectivity index (χ3n) is 1.58. The minimum atomic E-state index is -0.152. The van der Waals surface area contributed by atoms with Crippen molar-refractivity contribution in [2.75, 3.05) is 26.2 Å². The van der Waals surface area contributed by atoms with E-state index < -0.39 is 0 Å². The van der Waals surface area contributed by atoms with Crippen molar-refractivity contribution in [3.05, 3.63) is 0 Å². The van der Waals surface area contributed by atoms with E-state index in [-0.39, 0.29) is 12.4 Å². The van der Waals surface area contributed by atoms with E-state index >= 15 is 0 Å². The normalized spacial score (nSPS) is 33.3. The fourth-order valence-corrected chi connectivity index (χ4v) is 1.13. The van der Waals surface area contributed by atoms with Crippen molar-refractivity contribution in [3.63, 3.8) is 0 Å². The maximum Gasteiger partial charge on any atom is 0.159 e. The van der Waals surface area contributed by atoms with E-state index in [2.05, 4.69) is 0 Å². The Bertz CT molecular complexity index is 97.9. The summed E-state index contributed by atoms with van der Waals surface area (Å²) in [5, 5.41) is 0. The van der Waals surface area contributed by atoms with Crippen LogP contribution in [0.3, 0.4) is 0 Å². The fraction of sp³-hybridized carbons (Fsp3) is 1.00. The lowest BCUT2D eigenvalue weighted by Crippen LogP contribution is -2.25. The van der Waals surface area contributed by atoms with E-state index in [1.165, 1.54) is 0 Å². The van der Waals surface area contributed by atoms with Gasteiger partial charge in [0.15, 0.2) is 6.29 Å². The first-order valence-electron chi connectivity index (χ1n) is 3.68. The minimum Gasteiger partial charge on any atom is -0.379 e. The molecule has 1 aliphatic rings. The van der Waals surface area contributed by atoms with Crippen LogP contribution in [-0.2, 0) is 14.2 Å². The highest BCUT2D eigenvalue weighted by atomic mass is 35.5. The number of hydrogen-bond donors (Lipinski definition) is 0. The van der Waals surface area contributed by atoms with Crippen LogP contribution in [0, 0.1) is 0 Å². The van der Waals surface area contributed by atoms with Gasteiger partial charge in [0, 0.05) is 13.5 Å². The predicted octanol–water partition coefficient (Wildman–Crippen LogP) is 1.00. The molecule has 0 spiro atoms. The molecule has 0 aromatic carbocycles. The fourth-order valence-electron chi connectivity index (χ4n) is 0.971. The molecule has 1 aliphatic heterocycles. The van der Waals surface area contributed by atoms with Crippen LogP contribution in [0.15, 0.2) is 0 Å². The Morgan fingerprint density at radius 3 is 3.09 bits per heavy atom. The van der Waals surface area contributed by atoms with Gasteiger partial charge in [-0.15, -0.1) is 11.6 Å². The van der Waals surface area contributed by atoms with Gasteiger partial charge in [0.05, 0.1) is 25.2 Å². The Morgan fingerprint density at radius 2 is 2.45 bits per heavy atom. The van der Waals surface area contributed by atoms with Crippen LogP contribution in [-0.4, -0.2) is 38.6 Å². The Hall–Kier alpha value is 0.170. The third-order valence-corrected chi connectivity index (χ3v) is 1.93. The van der Waals surface area contributed by atoms with Gasteiger partial charge >= 0.3 is 0 Å². The summed E-state index contributed by atoms with van der Waals surface area (Å²) in [4.78, 5) is 0. The van der Waals surface area contributed by atoms with E-state index in [0.717, 1.165) is 6.42 Å². The van der Waals surface area contributed by atoms with Gasteiger partial charge in [0.2, 0.25) is 0 Å². The molecule has 0 saturated carbocycles. The van der Waals surface area contributed by atoms with Crippen LogP contribution in [0.1, 0.15) is 6.42 Å². The number of halogens is 1. The number of methoxy groups -OCH3 is 1. The summed E-state index contributed by atoms with van der Waals surface area (Å²) in [5.41, 5.74) is 0. The molecule has 4 heteroatoms. The first-order chi connectivity index (χ1) is 5.36. The second kappa shape index (κ2) is 4.93. The van der Waals surface area contributed by atoms with E-state index in [1.807, 2.05) is 0 Å². The highest BCUT2D eigenvalue weighted by Crippen LogP contribution is 2.10. The molecule has 3 nitrogen and oxygen atoms in total. The molecule has 0 amide bonds. The maximum absolute atomic E-state index is 5.61. The van der Waals surface area contributed by atoms with E-state index in [1.54, 1.807) is 7.11 Å². The summed E-state index contributed by atoms with van der Waals surface area (Å²) in [6, 6.07) is 0. The standard InChI is InChI=1S/C7H13ClO3/c1-9-7-2-3-10-5-6(4-8)11-7/h6-7H,2-5H2,1H3. The monoisotopic (exact) mass is 180 g/mol. The average Bonchev–Trinajstić information content (AvgIpc) is 2.28. The van der Waals surface area contributed by atoms with Gasteiger partial charge in [0.25, 0.3) is 0 Å². The molecule has 0 aromatic heterocycles. The minimum absolute atomic E-state index is 0.0240. The van der Waals surface area contributed by atoms with Crippen molar-refractivity contribution < 1.29 is 14.2 Å². The largest absolute Gasteiger partial charge is 0.379 e. The van der Waals surface area contributed by atoms with Crippen molar-refractivity contribution in [1.82, 2.24) is 0 Å². The molecule has 0 bridgehead atoms. The first-order valence-corrected chi connectivity index (χ1v) is 4.22. The molecule has 1 heterocycles. The van der Waals surface area contributed by atoms with Crippen LogP contribution >= 0.6 is 11.6 Å². The van der Waals surface area contributed by atoms with Gasteiger partial charge in [-0.25, -0.2) is 0 Å². The molecule has 1 rings (SSSR count). The Labute approximate surface area is 71.6 Å². The predicted molar refractivity (Wildman–Crippen MR) is 41.8 cm³/mol. The molecular formula is C7H13ClO3. The van der Waals surface area contributed by atoms with Gasteiger partial charge < -0.3 is 14.2 Å². The van der Waals surface area contributed by atoms with Gasteiger partial charge in [0.1, 0.15) is 0 Å². The van der Waals surface area contributed by atoms with Crippen molar-refractivity contribution in [3.8, 4) is 0 Å². The number of ether oxygens (including phenoxy) is 3. The zero-order valence-electron chi connectivity index (χ0n) is 6.59. The van der Waals surface area contributed by atoms with Crippen molar-refractivity contribution in [1.29, 1.82) is 0 Å². The molecule has 0 N–H and O–H groups in total. The molecular weight excluding hydrogens is 168 g/mol. The van der Waals surface area contributed by atoms with E-state index in [9.17, 15) is 0 Å². The molecule has 1 fully saturated rings. The van der Waals surface area contributed by atoms with Gasteiger partial charge in [-0.3, -0.25) is 0 Å². The summed E-state index contributed by atoms with van der Waals surface area (Å²) in [6.07, 6.45) is 0.606. The van der Waals surface area contributed by atoms with Crippen molar-refractivity contribution in [2.45, 2.75) is 18.8 Å². The lowest BCUT2D eigenvalue weighted by molar-refractivity contribution is -0.144.